The number of aryl methyl sites for hydroxylation is 1. The summed E-state index contributed by atoms with van der Waals surface area (Å²) in [5.74, 6) is 3.26. The molecular formula is C14H23NOS. The normalized spacial score (nSPS) is 10.8. The third kappa shape index (κ3) is 5.99. The first-order valence-corrected chi connectivity index (χ1v) is 7.34. The van der Waals surface area contributed by atoms with Crippen LogP contribution in [0.1, 0.15) is 12.5 Å². The average molecular weight is 253 g/mol. The van der Waals surface area contributed by atoms with E-state index in [0.29, 0.717) is 0 Å². The standard InChI is InChI=1S/C14H23NOS/c1-4-15(3)9-11-17-12-10-16-14-8-6-5-7-13(14)2/h5-8H,4,9-12H2,1-3H3. The Bertz CT molecular complexity index is 317. The average Bonchev–Trinajstić information content (AvgIpc) is 2.35. The van der Waals surface area contributed by atoms with Gasteiger partial charge in [0.2, 0.25) is 0 Å². The quantitative estimate of drug-likeness (QED) is 0.661. The fraction of sp³-hybridized carbons (Fsp3) is 0.571. The van der Waals surface area contributed by atoms with Gasteiger partial charge < -0.3 is 9.64 Å². The van der Waals surface area contributed by atoms with Crippen molar-refractivity contribution in [3.63, 3.8) is 0 Å². The number of nitrogens with zero attached hydrogens (tertiary/aromatic N) is 1. The molecule has 1 aromatic carbocycles. The minimum Gasteiger partial charge on any atom is -0.492 e. The molecule has 1 rings (SSSR count). The van der Waals surface area contributed by atoms with E-state index in [2.05, 4.69) is 31.9 Å². The Labute approximate surface area is 109 Å². The van der Waals surface area contributed by atoms with Gasteiger partial charge in [0.05, 0.1) is 6.61 Å². The van der Waals surface area contributed by atoms with Crippen LogP contribution >= 0.6 is 11.8 Å². The second-order valence-electron chi connectivity index (χ2n) is 4.12. The minimum absolute atomic E-state index is 0.797. The lowest BCUT2D eigenvalue weighted by Crippen LogP contribution is -2.20. The molecule has 0 fully saturated rings. The SMILES string of the molecule is CCN(C)CCSCCOc1ccccc1C. The maximum Gasteiger partial charge on any atom is 0.122 e. The highest BCUT2D eigenvalue weighted by molar-refractivity contribution is 7.99. The lowest BCUT2D eigenvalue weighted by atomic mass is 10.2. The van der Waals surface area contributed by atoms with Gasteiger partial charge in [0.1, 0.15) is 5.75 Å². The van der Waals surface area contributed by atoms with Crippen molar-refractivity contribution in [3.8, 4) is 5.75 Å². The maximum absolute atomic E-state index is 5.74. The van der Waals surface area contributed by atoms with E-state index in [4.69, 9.17) is 4.74 Å². The molecule has 0 saturated heterocycles. The maximum atomic E-state index is 5.74. The van der Waals surface area contributed by atoms with Gasteiger partial charge in [-0.15, -0.1) is 0 Å². The molecular weight excluding hydrogens is 230 g/mol. The molecule has 3 heteroatoms. The largest absolute Gasteiger partial charge is 0.492 e. The molecule has 96 valence electrons. The first-order valence-electron chi connectivity index (χ1n) is 6.18. The van der Waals surface area contributed by atoms with Crippen LogP contribution in [0, 0.1) is 6.92 Å². The first kappa shape index (κ1) is 14.4. The van der Waals surface area contributed by atoms with Crippen molar-refractivity contribution in [2.75, 3.05) is 38.2 Å². The molecule has 0 saturated carbocycles. The van der Waals surface area contributed by atoms with Gasteiger partial charge in [-0.25, -0.2) is 0 Å². The van der Waals surface area contributed by atoms with Crippen molar-refractivity contribution in [2.45, 2.75) is 13.8 Å². The number of ether oxygens (including phenoxy) is 1. The summed E-state index contributed by atoms with van der Waals surface area (Å²) >= 11 is 1.96. The Morgan fingerprint density at radius 2 is 2.00 bits per heavy atom. The van der Waals surface area contributed by atoms with E-state index < -0.39 is 0 Å². The fourth-order valence-corrected chi connectivity index (χ4v) is 2.26. The van der Waals surface area contributed by atoms with Crippen LogP contribution in [0.25, 0.3) is 0 Å². The molecule has 17 heavy (non-hydrogen) atoms. The van der Waals surface area contributed by atoms with Crippen LogP contribution < -0.4 is 4.74 Å². The van der Waals surface area contributed by atoms with E-state index in [1.54, 1.807) is 0 Å². The zero-order valence-electron chi connectivity index (χ0n) is 11.1. The van der Waals surface area contributed by atoms with Gasteiger partial charge >= 0.3 is 0 Å². The van der Waals surface area contributed by atoms with Gasteiger partial charge in [0, 0.05) is 18.1 Å². The number of rotatable bonds is 8. The topological polar surface area (TPSA) is 12.5 Å². The van der Waals surface area contributed by atoms with Crippen LogP contribution in [0.4, 0.5) is 0 Å². The molecule has 0 aromatic heterocycles. The lowest BCUT2D eigenvalue weighted by Gasteiger charge is -2.13. The summed E-state index contributed by atoms with van der Waals surface area (Å²) in [5.41, 5.74) is 1.21. The molecule has 0 N–H and O–H groups in total. The summed E-state index contributed by atoms with van der Waals surface area (Å²) in [4.78, 5) is 2.33. The Balaban J connectivity index is 2.07. The predicted molar refractivity (Wildman–Crippen MR) is 77.2 cm³/mol. The van der Waals surface area contributed by atoms with Crippen LogP contribution in [0.15, 0.2) is 24.3 Å². The fourth-order valence-electron chi connectivity index (χ4n) is 1.41. The van der Waals surface area contributed by atoms with E-state index in [-0.39, 0.29) is 0 Å². The van der Waals surface area contributed by atoms with Gasteiger partial charge in [0.25, 0.3) is 0 Å². The van der Waals surface area contributed by atoms with Gasteiger partial charge in [-0.2, -0.15) is 11.8 Å². The Hall–Kier alpha value is -0.670. The molecule has 0 aliphatic heterocycles. The van der Waals surface area contributed by atoms with Crippen molar-refractivity contribution in [1.82, 2.24) is 4.90 Å². The van der Waals surface area contributed by atoms with Crippen molar-refractivity contribution in [2.24, 2.45) is 0 Å². The van der Waals surface area contributed by atoms with Gasteiger partial charge in [-0.1, -0.05) is 25.1 Å². The Morgan fingerprint density at radius 3 is 2.71 bits per heavy atom. The molecule has 0 radical (unpaired) electrons. The molecule has 0 aliphatic carbocycles. The third-order valence-corrected chi connectivity index (χ3v) is 3.66. The van der Waals surface area contributed by atoms with Crippen LogP contribution in [-0.4, -0.2) is 43.1 Å². The van der Waals surface area contributed by atoms with Gasteiger partial charge in [0.15, 0.2) is 0 Å². The summed E-state index contributed by atoms with van der Waals surface area (Å²) < 4.78 is 5.74. The van der Waals surface area contributed by atoms with Crippen molar-refractivity contribution < 1.29 is 4.74 Å². The van der Waals surface area contributed by atoms with E-state index in [0.717, 1.165) is 31.2 Å². The summed E-state index contributed by atoms with van der Waals surface area (Å²) in [7, 11) is 2.16. The molecule has 0 unspecified atom stereocenters. The van der Waals surface area contributed by atoms with Crippen molar-refractivity contribution >= 4 is 11.8 Å². The van der Waals surface area contributed by atoms with E-state index in [1.165, 1.54) is 11.3 Å². The first-order chi connectivity index (χ1) is 8.24. The summed E-state index contributed by atoms with van der Waals surface area (Å²) in [6, 6.07) is 8.17. The molecule has 0 aliphatic rings. The number of benzene rings is 1. The second kappa shape index (κ2) is 8.43. The minimum atomic E-state index is 0.797. The zero-order valence-corrected chi connectivity index (χ0v) is 11.9. The number of hydrogen-bond donors (Lipinski definition) is 0. The summed E-state index contributed by atoms with van der Waals surface area (Å²) in [6.07, 6.45) is 0. The van der Waals surface area contributed by atoms with E-state index in [1.807, 2.05) is 30.0 Å². The number of hydrogen-bond acceptors (Lipinski definition) is 3. The summed E-state index contributed by atoms with van der Waals surface area (Å²) in [6.45, 7) is 7.35. The molecule has 0 spiro atoms. The predicted octanol–water partition coefficient (Wildman–Crippen LogP) is 3.06. The Kier molecular flexibility index (Phi) is 7.13. The van der Waals surface area contributed by atoms with Crippen molar-refractivity contribution in [3.05, 3.63) is 29.8 Å². The smallest absolute Gasteiger partial charge is 0.122 e. The van der Waals surface area contributed by atoms with Crippen LogP contribution in [0.3, 0.4) is 0 Å². The van der Waals surface area contributed by atoms with Gasteiger partial charge in [-0.3, -0.25) is 0 Å². The number of para-hydroxylation sites is 1. The monoisotopic (exact) mass is 253 g/mol. The molecule has 0 atom stereocenters. The molecule has 0 bridgehead atoms. The van der Waals surface area contributed by atoms with Crippen molar-refractivity contribution in [1.29, 1.82) is 0 Å². The second-order valence-corrected chi connectivity index (χ2v) is 5.35. The highest BCUT2D eigenvalue weighted by Gasteiger charge is 1.98. The Morgan fingerprint density at radius 1 is 1.24 bits per heavy atom. The summed E-state index contributed by atoms with van der Waals surface area (Å²) in [5, 5.41) is 0. The zero-order chi connectivity index (χ0) is 12.5. The molecule has 1 aromatic rings. The van der Waals surface area contributed by atoms with E-state index in [9.17, 15) is 0 Å². The molecule has 0 amide bonds. The van der Waals surface area contributed by atoms with Gasteiger partial charge in [-0.05, 0) is 32.1 Å². The van der Waals surface area contributed by atoms with Crippen LogP contribution in [0.2, 0.25) is 0 Å². The molecule has 2 nitrogen and oxygen atoms in total. The molecule has 0 heterocycles. The third-order valence-electron chi connectivity index (χ3n) is 2.74. The lowest BCUT2D eigenvalue weighted by molar-refractivity contribution is 0.341. The number of thioether (sulfide) groups is 1. The van der Waals surface area contributed by atoms with Crippen LogP contribution in [0.5, 0.6) is 5.75 Å². The van der Waals surface area contributed by atoms with E-state index >= 15 is 0 Å². The van der Waals surface area contributed by atoms with Crippen LogP contribution in [-0.2, 0) is 0 Å². The highest BCUT2D eigenvalue weighted by atomic mass is 32.2. The highest BCUT2D eigenvalue weighted by Crippen LogP contribution is 2.16.